The van der Waals surface area contributed by atoms with Crippen molar-refractivity contribution in [1.29, 1.82) is 0 Å². The van der Waals surface area contributed by atoms with Gasteiger partial charge in [-0.25, -0.2) is 4.39 Å². The number of nitrogens with zero attached hydrogens (tertiary/aromatic N) is 1. The number of hydrogen-bond donors (Lipinski definition) is 2. The van der Waals surface area contributed by atoms with Crippen molar-refractivity contribution in [3.8, 4) is 0 Å². The van der Waals surface area contributed by atoms with Crippen molar-refractivity contribution in [3.05, 3.63) is 35.6 Å². The first-order valence-corrected chi connectivity index (χ1v) is 8.15. The van der Waals surface area contributed by atoms with Crippen LogP contribution in [0.4, 0.5) is 4.39 Å². The van der Waals surface area contributed by atoms with Crippen molar-refractivity contribution < 1.29 is 9.18 Å². The minimum Gasteiger partial charge on any atom is -0.351 e. The van der Waals surface area contributed by atoms with Crippen LogP contribution in [-0.4, -0.2) is 43.0 Å². The maximum absolute atomic E-state index is 12.8. The van der Waals surface area contributed by atoms with Gasteiger partial charge in [0, 0.05) is 12.6 Å². The van der Waals surface area contributed by atoms with E-state index in [1.54, 1.807) is 12.1 Å². The van der Waals surface area contributed by atoms with Gasteiger partial charge < -0.3 is 10.6 Å². The monoisotopic (exact) mass is 343 g/mol. The van der Waals surface area contributed by atoms with E-state index in [0.717, 1.165) is 44.5 Å². The predicted molar refractivity (Wildman–Crippen MR) is 93.3 cm³/mol. The minimum absolute atomic E-state index is 0. The highest BCUT2D eigenvalue weighted by Crippen LogP contribution is 2.12. The van der Waals surface area contributed by atoms with E-state index in [9.17, 15) is 9.18 Å². The fourth-order valence-electron chi connectivity index (χ4n) is 2.89. The Morgan fingerprint density at radius 3 is 2.57 bits per heavy atom. The fraction of sp³-hybridized carbons (Fsp3) is 0.588. The second-order valence-corrected chi connectivity index (χ2v) is 5.85. The number of benzene rings is 1. The molecule has 1 amide bonds. The molecule has 4 nitrogen and oxygen atoms in total. The molecular weight excluding hydrogens is 317 g/mol. The van der Waals surface area contributed by atoms with E-state index in [2.05, 4.69) is 22.5 Å². The van der Waals surface area contributed by atoms with Crippen LogP contribution < -0.4 is 10.6 Å². The third-order valence-electron chi connectivity index (χ3n) is 4.09. The summed E-state index contributed by atoms with van der Waals surface area (Å²) in [4.78, 5) is 14.5. The average Bonchev–Trinajstić information content (AvgIpc) is 2.55. The van der Waals surface area contributed by atoms with Crippen LogP contribution in [0.15, 0.2) is 24.3 Å². The van der Waals surface area contributed by atoms with Crippen LogP contribution in [0.3, 0.4) is 0 Å². The van der Waals surface area contributed by atoms with Gasteiger partial charge in [0.1, 0.15) is 5.82 Å². The Bertz CT molecular complexity index is 463. The number of carbonyl (C=O) groups is 1. The molecule has 0 aliphatic carbocycles. The van der Waals surface area contributed by atoms with Crippen molar-refractivity contribution >= 4 is 18.3 Å². The highest BCUT2D eigenvalue weighted by molar-refractivity contribution is 5.85. The second kappa shape index (κ2) is 10.6. The molecule has 0 saturated carbocycles. The summed E-state index contributed by atoms with van der Waals surface area (Å²) < 4.78 is 12.8. The van der Waals surface area contributed by atoms with Gasteiger partial charge in [-0.15, -0.1) is 12.4 Å². The second-order valence-electron chi connectivity index (χ2n) is 5.85. The molecule has 1 aromatic carbocycles. The molecule has 0 atom stereocenters. The minimum atomic E-state index is -0.255. The highest BCUT2D eigenvalue weighted by Gasteiger charge is 2.22. The zero-order valence-corrected chi connectivity index (χ0v) is 14.5. The maximum Gasteiger partial charge on any atom is 0.234 e. The number of rotatable bonds is 7. The molecule has 2 N–H and O–H groups in total. The van der Waals surface area contributed by atoms with Gasteiger partial charge in [-0.2, -0.15) is 0 Å². The lowest BCUT2D eigenvalue weighted by molar-refractivity contribution is -0.123. The summed E-state index contributed by atoms with van der Waals surface area (Å²) in [5.41, 5.74) is 0.915. The van der Waals surface area contributed by atoms with Crippen LogP contribution in [-0.2, 0) is 11.3 Å². The molecule has 0 spiro atoms. The smallest absolute Gasteiger partial charge is 0.234 e. The van der Waals surface area contributed by atoms with Crippen LogP contribution in [0.5, 0.6) is 0 Å². The van der Waals surface area contributed by atoms with E-state index in [-0.39, 0.29) is 24.1 Å². The average molecular weight is 344 g/mol. The summed E-state index contributed by atoms with van der Waals surface area (Å²) in [6.07, 6.45) is 3.26. The van der Waals surface area contributed by atoms with Gasteiger partial charge in [0.2, 0.25) is 5.91 Å². The predicted octanol–water partition coefficient (Wildman–Crippen LogP) is 2.33. The molecule has 130 valence electrons. The molecule has 1 heterocycles. The van der Waals surface area contributed by atoms with Crippen LogP contribution in [0.25, 0.3) is 0 Å². The van der Waals surface area contributed by atoms with Crippen molar-refractivity contribution in [1.82, 2.24) is 15.5 Å². The third kappa shape index (κ3) is 6.85. The highest BCUT2D eigenvalue weighted by atomic mass is 35.5. The Morgan fingerprint density at radius 1 is 1.30 bits per heavy atom. The Hall–Kier alpha value is -1.17. The van der Waals surface area contributed by atoms with Gasteiger partial charge in [0.25, 0.3) is 0 Å². The normalized spacial score (nSPS) is 15.3. The van der Waals surface area contributed by atoms with Gasteiger partial charge >= 0.3 is 0 Å². The maximum atomic E-state index is 12.8. The Kier molecular flexibility index (Phi) is 9.14. The van der Waals surface area contributed by atoms with E-state index in [1.165, 1.54) is 12.1 Å². The van der Waals surface area contributed by atoms with E-state index in [1.807, 2.05) is 0 Å². The van der Waals surface area contributed by atoms with Gasteiger partial charge in [0.05, 0.1) is 6.54 Å². The topological polar surface area (TPSA) is 44.4 Å². The first-order valence-electron chi connectivity index (χ1n) is 8.15. The molecule has 1 fully saturated rings. The van der Waals surface area contributed by atoms with Crippen LogP contribution >= 0.6 is 12.4 Å². The molecule has 6 heteroatoms. The number of halogens is 2. The molecule has 0 unspecified atom stereocenters. The van der Waals surface area contributed by atoms with Gasteiger partial charge in [-0.05, 0) is 56.6 Å². The quantitative estimate of drug-likeness (QED) is 0.798. The standard InChI is InChI=1S/C17H26FN3O.ClH/c1-2-11-21(16-7-9-19-10-8-16)13-17(22)20-12-14-3-5-15(18)6-4-14;/h3-6,16,19H,2,7-13H2,1H3,(H,20,22);1H. The molecule has 1 aromatic rings. The Balaban J connectivity index is 0.00000264. The Labute approximate surface area is 144 Å². The van der Waals surface area contributed by atoms with Crippen LogP contribution in [0.2, 0.25) is 0 Å². The lowest BCUT2D eigenvalue weighted by atomic mass is 10.0. The first-order chi connectivity index (χ1) is 10.7. The van der Waals surface area contributed by atoms with Crippen molar-refractivity contribution in [2.24, 2.45) is 0 Å². The first kappa shape index (κ1) is 19.9. The summed E-state index contributed by atoms with van der Waals surface area (Å²) in [5.74, 6) is -0.216. The SMILES string of the molecule is CCCN(CC(=O)NCc1ccc(F)cc1)C1CCNCC1.Cl. The Morgan fingerprint density at radius 2 is 1.96 bits per heavy atom. The lowest BCUT2D eigenvalue weighted by Gasteiger charge is -2.34. The van der Waals surface area contributed by atoms with E-state index < -0.39 is 0 Å². The molecule has 23 heavy (non-hydrogen) atoms. The van der Waals surface area contributed by atoms with Gasteiger partial charge in [-0.1, -0.05) is 19.1 Å². The third-order valence-corrected chi connectivity index (χ3v) is 4.09. The fourth-order valence-corrected chi connectivity index (χ4v) is 2.89. The van der Waals surface area contributed by atoms with Crippen LogP contribution in [0, 0.1) is 5.82 Å². The molecule has 1 saturated heterocycles. The largest absolute Gasteiger partial charge is 0.351 e. The number of amides is 1. The molecule has 1 aliphatic rings. The van der Waals surface area contributed by atoms with Crippen molar-refractivity contribution in [2.45, 2.75) is 38.8 Å². The molecule has 0 aromatic heterocycles. The number of piperidine rings is 1. The van der Waals surface area contributed by atoms with E-state index in [4.69, 9.17) is 0 Å². The molecular formula is C17H27ClFN3O. The summed E-state index contributed by atoms with van der Waals surface area (Å²) in [6, 6.07) is 6.73. The van der Waals surface area contributed by atoms with E-state index in [0.29, 0.717) is 19.1 Å². The molecule has 2 rings (SSSR count). The van der Waals surface area contributed by atoms with Crippen LogP contribution in [0.1, 0.15) is 31.7 Å². The summed E-state index contributed by atoms with van der Waals surface area (Å²) in [7, 11) is 0. The zero-order valence-electron chi connectivity index (χ0n) is 13.7. The summed E-state index contributed by atoms with van der Waals surface area (Å²) in [6.45, 7) is 6.05. The number of nitrogens with one attached hydrogen (secondary N) is 2. The molecule has 0 bridgehead atoms. The summed E-state index contributed by atoms with van der Waals surface area (Å²) >= 11 is 0. The lowest BCUT2D eigenvalue weighted by Crippen LogP contribution is -2.47. The van der Waals surface area contributed by atoms with E-state index >= 15 is 0 Å². The van der Waals surface area contributed by atoms with Crippen molar-refractivity contribution in [2.75, 3.05) is 26.2 Å². The molecule has 1 aliphatic heterocycles. The van der Waals surface area contributed by atoms with Gasteiger partial charge in [0.15, 0.2) is 0 Å². The van der Waals surface area contributed by atoms with Gasteiger partial charge in [-0.3, -0.25) is 9.69 Å². The zero-order chi connectivity index (χ0) is 15.8. The summed E-state index contributed by atoms with van der Waals surface area (Å²) in [5, 5.41) is 6.29. The number of hydrogen-bond acceptors (Lipinski definition) is 3. The number of carbonyl (C=O) groups excluding carboxylic acids is 1. The molecule has 0 radical (unpaired) electrons. The van der Waals surface area contributed by atoms with Crippen molar-refractivity contribution in [3.63, 3.8) is 0 Å².